The monoisotopic (exact) mass is 161 g/mol. The second-order valence-corrected chi connectivity index (χ2v) is 1.79. The Labute approximate surface area is 54.6 Å². The maximum absolute atomic E-state index is 11.9. The summed E-state index contributed by atoms with van der Waals surface area (Å²) in [5.41, 5.74) is 4.56. The summed E-state index contributed by atoms with van der Waals surface area (Å²) < 4.78 is 45.9. The fourth-order valence-corrected chi connectivity index (χ4v) is 0.335. The zero-order valence-electron chi connectivity index (χ0n) is 4.90. The van der Waals surface area contributed by atoms with E-state index in [1.165, 1.54) is 0 Å². The van der Waals surface area contributed by atoms with E-state index >= 15 is 0 Å². The average Bonchev–Trinajstić information content (AvgIpc) is 1.83. The van der Waals surface area contributed by atoms with E-state index in [-0.39, 0.29) is 0 Å². The SMILES string of the molecule is NC(CO)C(F)C(F)(F)F. The zero-order chi connectivity index (χ0) is 8.36. The van der Waals surface area contributed by atoms with Crippen molar-refractivity contribution in [3.8, 4) is 0 Å². The molecular formula is C4H7F4NO. The van der Waals surface area contributed by atoms with Crippen molar-refractivity contribution in [1.82, 2.24) is 0 Å². The summed E-state index contributed by atoms with van der Waals surface area (Å²) in [7, 11) is 0. The van der Waals surface area contributed by atoms with Crippen molar-refractivity contribution in [3.63, 3.8) is 0 Å². The molecule has 0 amide bonds. The quantitative estimate of drug-likeness (QED) is 0.568. The van der Waals surface area contributed by atoms with E-state index in [9.17, 15) is 17.6 Å². The van der Waals surface area contributed by atoms with Crippen LogP contribution >= 0.6 is 0 Å². The van der Waals surface area contributed by atoms with Gasteiger partial charge in [-0.25, -0.2) is 4.39 Å². The van der Waals surface area contributed by atoms with E-state index in [2.05, 4.69) is 5.73 Å². The van der Waals surface area contributed by atoms with Crippen LogP contribution in [0.2, 0.25) is 0 Å². The molecule has 3 N–H and O–H groups in total. The van der Waals surface area contributed by atoms with Crippen LogP contribution in [0.4, 0.5) is 17.6 Å². The second-order valence-electron chi connectivity index (χ2n) is 1.79. The number of aliphatic hydroxyl groups excluding tert-OH is 1. The van der Waals surface area contributed by atoms with Gasteiger partial charge in [0, 0.05) is 0 Å². The van der Waals surface area contributed by atoms with Crippen LogP contribution in [0.25, 0.3) is 0 Å². The van der Waals surface area contributed by atoms with Crippen molar-refractivity contribution in [1.29, 1.82) is 0 Å². The molecule has 0 aromatic heterocycles. The molecule has 2 nitrogen and oxygen atoms in total. The number of halogens is 4. The number of nitrogens with two attached hydrogens (primary N) is 1. The molecule has 10 heavy (non-hydrogen) atoms. The Hall–Kier alpha value is -0.360. The molecule has 0 radical (unpaired) electrons. The van der Waals surface area contributed by atoms with Crippen LogP contribution in [0.5, 0.6) is 0 Å². The van der Waals surface area contributed by atoms with Crippen LogP contribution in [0.15, 0.2) is 0 Å². The molecule has 0 rings (SSSR count). The topological polar surface area (TPSA) is 46.2 Å². The lowest BCUT2D eigenvalue weighted by Gasteiger charge is -2.16. The second kappa shape index (κ2) is 3.16. The van der Waals surface area contributed by atoms with Crippen LogP contribution in [0.3, 0.4) is 0 Å². The standard InChI is InChI=1S/C4H7F4NO/c5-3(2(9)1-10)4(6,7)8/h2-3,10H,1,9H2. The Kier molecular flexibility index (Phi) is 3.04. The molecule has 0 aromatic rings. The Morgan fingerprint density at radius 1 is 1.40 bits per heavy atom. The maximum atomic E-state index is 11.9. The van der Waals surface area contributed by atoms with E-state index in [1.807, 2.05) is 0 Å². The highest BCUT2D eigenvalue weighted by atomic mass is 19.4. The van der Waals surface area contributed by atoms with Gasteiger partial charge in [-0.2, -0.15) is 13.2 Å². The lowest BCUT2D eigenvalue weighted by Crippen LogP contribution is -2.44. The average molecular weight is 161 g/mol. The molecular weight excluding hydrogens is 154 g/mol. The van der Waals surface area contributed by atoms with Crippen LogP contribution in [-0.2, 0) is 0 Å². The Balaban J connectivity index is 3.94. The summed E-state index contributed by atoms with van der Waals surface area (Å²) in [5.74, 6) is 0. The first-order valence-electron chi connectivity index (χ1n) is 2.46. The maximum Gasteiger partial charge on any atom is 0.421 e. The predicted molar refractivity (Wildman–Crippen MR) is 26.0 cm³/mol. The minimum Gasteiger partial charge on any atom is -0.395 e. The van der Waals surface area contributed by atoms with Crippen LogP contribution in [-0.4, -0.2) is 30.1 Å². The third kappa shape index (κ3) is 2.49. The van der Waals surface area contributed by atoms with Crippen molar-refractivity contribution in [2.24, 2.45) is 5.73 Å². The molecule has 0 aromatic carbocycles. The van der Waals surface area contributed by atoms with E-state index in [0.29, 0.717) is 0 Å². The predicted octanol–water partition coefficient (Wildman–Crippen LogP) is 0.206. The molecule has 6 heteroatoms. The summed E-state index contributed by atoms with van der Waals surface area (Å²) >= 11 is 0. The van der Waals surface area contributed by atoms with Crippen molar-refractivity contribution in [2.75, 3.05) is 6.61 Å². The highest BCUT2D eigenvalue weighted by Crippen LogP contribution is 2.24. The van der Waals surface area contributed by atoms with Gasteiger partial charge in [0.1, 0.15) is 0 Å². The van der Waals surface area contributed by atoms with Crippen LogP contribution in [0.1, 0.15) is 0 Å². The minimum atomic E-state index is -4.97. The zero-order valence-corrected chi connectivity index (χ0v) is 4.90. The highest BCUT2D eigenvalue weighted by Gasteiger charge is 2.43. The van der Waals surface area contributed by atoms with Gasteiger partial charge in [-0.1, -0.05) is 0 Å². The van der Waals surface area contributed by atoms with Gasteiger partial charge in [-0.15, -0.1) is 0 Å². The normalized spacial score (nSPS) is 18.6. The van der Waals surface area contributed by atoms with E-state index in [4.69, 9.17) is 5.11 Å². The van der Waals surface area contributed by atoms with Gasteiger partial charge in [0.2, 0.25) is 6.17 Å². The Morgan fingerprint density at radius 3 is 1.90 bits per heavy atom. The van der Waals surface area contributed by atoms with Crippen molar-refractivity contribution >= 4 is 0 Å². The third-order valence-corrected chi connectivity index (χ3v) is 0.899. The molecule has 0 bridgehead atoms. The summed E-state index contributed by atoms with van der Waals surface area (Å²) in [6.07, 6.45) is -8.11. The lowest BCUT2D eigenvalue weighted by atomic mass is 10.2. The molecule has 0 aliphatic carbocycles. The molecule has 62 valence electrons. The fraction of sp³-hybridized carbons (Fsp3) is 1.00. The third-order valence-electron chi connectivity index (χ3n) is 0.899. The van der Waals surface area contributed by atoms with Gasteiger partial charge >= 0.3 is 6.18 Å². The molecule has 0 spiro atoms. The first-order chi connectivity index (χ1) is 4.39. The first-order valence-corrected chi connectivity index (χ1v) is 2.46. The van der Waals surface area contributed by atoms with Crippen molar-refractivity contribution in [3.05, 3.63) is 0 Å². The number of alkyl halides is 4. The van der Waals surface area contributed by atoms with Crippen LogP contribution in [0, 0.1) is 0 Å². The minimum absolute atomic E-state index is 1.01. The molecule has 0 saturated heterocycles. The largest absolute Gasteiger partial charge is 0.421 e. The van der Waals surface area contributed by atoms with Gasteiger partial charge in [-0.3, -0.25) is 0 Å². The Bertz CT molecular complexity index is 104. The summed E-state index contributed by atoms with van der Waals surface area (Å²) in [6, 6.07) is -1.88. The molecule has 0 aliphatic heterocycles. The lowest BCUT2D eigenvalue weighted by molar-refractivity contribution is -0.187. The number of hydrogen-bond acceptors (Lipinski definition) is 2. The van der Waals surface area contributed by atoms with Gasteiger partial charge in [0.15, 0.2) is 0 Å². The van der Waals surface area contributed by atoms with Gasteiger partial charge in [-0.05, 0) is 0 Å². The molecule has 2 atom stereocenters. The first kappa shape index (κ1) is 9.64. The summed E-state index contributed by atoms with van der Waals surface area (Å²) in [5, 5.41) is 8.00. The van der Waals surface area contributed by atoms with Crippen molar-refractivity contribution in [2.45, 2.75) is 18.4 Å². The van der Waals surface area contributed by atoms with Gasteiger partial charge in [0.05, 0.1) is 12.6 Å². The number of hydrogen-bond donors (Lipinski definition) is 2. The Morgan fingerprint density at radius 2 is 1.80 bits per heavy atom. The van der Waals surface area contributed by atoms with Crippen LogP contribution < -0.4 is 5.73 Å². The van der Waals surface area contributed by atoms with Gasteiger partial charge < -0.3 is 10.8 Å². The molecule has 0 aliphatic rings. The number of aliphatic hydroxyl groups is 1. The molecule has 0 saturated carbocycles. The number of rotatable bonds is 2. The molecule has 2 unspecified atom stereocenters. The van der Waals surface area contributed by atoms with E-state index in [0.717, 1.165) is 0 Å². The van der Waals surface area contributed by atoms with Gasteiger partial charge in [0.25, 0.3) is 0 Å². The smallest absolute Gasteiger partial charge is 0.395 e. The van der Waals surface area contributed by atoms with E-state index < -0.39 is 25.0 Å². The fourth-order valence-electron chi connectivity index (χ4n) is 0.335. The van der Waals surface area contributed by atoms with E-state index in [1.54, 1.807) is 0 Å². The highest BCUT2D eigenvalue weighted by molar-refractivity contribution is 4.77. The van der Waals surface area contributed by atoms with Crippen molar-refractivity contribution < 1.29 is 22.7 Å². The summed E-state index contributed by atoms with van der Waals surface area (Å²) in [4.78, 5) is 0. The molecule has 0 fully saturated rings. The molecule has 0 heterocycles. The summed E-state index contributed by atoms with van der Waals surface area (Å²) in [6.45, 7) is -1.01.